The summed E-state index contributed by atoms with van der Waals surface area (Å²) in [5, 5.41) is 5.24. The minimum atomic E-state index is -1.14. The molecule has 2 N–H and O–H groups in total. The van der Waals surface area contributed by atoms with Gasteiger partial charge in [-0.3, -0.25) is 19.3 Å². The Bertz CT molecular complexity index is 839. The second-order valence-corrected chi connectivity index (χ2v) is 10.1. The quantitative estimate of drug-likeness (QED) is 0.544. The molecule has 2 heterocycles. The van der Waals surface area contributed by atoms with Crippen molar-refractivity contribution in [2.24, 2.45) is 0 Å². The third kappa shape index (κ3) is 5.22. The number of carbonyl (C=O) groups is 5. The van der Waals surface area contributed by atoms with Crippen LogP contribution in [-0.4, -0.2) is 88.5 Å². The van der Waals surface area contributed by atoms with Crippen molar-refractivity contribution in [3.8, 4) is 0 Å². The van der Waals surface area contributed by atoms with Gasteiger partial charge in [-0.1, -0.05) is 0 Å². The van der Waals surface area contributed by atoms with Gasteiger partial charge in [-0.05, 0) is 61.3 Å². The van der Waals surface area contributed by atoms with E-state index in [1.807, 2.05) is 0 Å². The van der Waals surface area contributed by atoms with Crippen LogP contribution < -0.4 is 10.6 Å². The highest BCUT2D eigenvalue weighted by Gasteiger charge is 2.53. The molecule has 2 rings (SSSR count). The Morgan fingerprint density at radius 1 is 0.848 bits per heavy atom. The lowest BCUT2D eigenvalue weighted by Crippen LogP contribution is -2.72. The van der Waals surface area contributed by atoms with Gasteiger partial charge in [0.15, 0.2) is 0 Å². The first kappa shape index (κ1) is 26.4. The number of esters is 1. The number of nitrogens with one attached hydrogen (secondary N) is 2. The predicted molar refractivity (Wildman–Crippen MR) is 118 cm³/mol. The largest absolute Gasteiger partial charge is 0.467 e. The summed E-state index contributed by atoms with van der Waals surface area (Å²) in [7, 11) is 1.22. The lowest BCUT2D eigenvalue weighted by atomic mass is 9.84. The molecule has 11 nitrogen and oxygen atoms in total. The van der Waals surface area contributed by atoms with E-state index in [-0.39, 0.29) is 0 Å². The van der Waals surface area contributed by atoms with Gasteiger partial charge >= 0.3 is 12.1 Å². The van der Waals surface area contributed by atoms with E-state index >= 15 is 0 Å². The Hall–Kier alpha value is -2.85. The minimum absolute atomic E-state index is 0.344. The third-order valence-electron chi connectivity index (χ3n) is 6.31. The third-order valence-corrected chi connectivity index (χ3v) is 6.31. The van der Waals surface area contributed by atoms with E-state index in [2.05, 4.69) is 15.4 Å². The summed E-state index contributed by atoms with van der Waals surface area (Å²) in [6.45, 7) is 12.2. The van der Waals surface area contributed by atoms with Crippen LogP contribution in [0.1, 0.15) is 61.3 Å². The maximum atomic E-state index is 13.0. The van der Waals surface area contributed by atoms with Crippen LogP contribution in [0.25, 0.3) is 0 Å². The molecule has 4 atom stereocenters. The van der Waals surface area contributed by atoms with E-state index in [1.165, 1.54) is 30.8 Å². The average Bonchev–Trinajstić information content (AvgIpc) is 2.68. The van der Waals surface area contributed by atoms with Gasteiger partial charge in [0.1, 0.15) is 28.8 Å². The highest BCUT2D eigenvalue weighted by Crippen LogP contribution is 2.34. The molecule has 0 aromatic rings. The van der Waals surface area contributed by atoms with Crippen molar-refractivity contribution < 1.29 is 33.4 Å². The fraction of sp³-hybridized carbons (Fsp3) is 0.773. The molecule has 0 aromatic carbocycles. The molecule has 33 heavy (non-hydrogen) atoms. The average molecular weight is 469 g/mol. The first-order valence-electron chi connectivity index (χ1n) is 11.1. The van der Waals surface area contributed by atoms with Crippen LogP contribution in [0.3, 0.4) is 0 Å². The van der Waals surface area contributed by atoms with Crippen LogP contribution in [0.4, 0.5) is 4.79 Å². The second-order valence-electron chi connectivity index (χ2n) is 10.1. The van der Waals surface area contributed by atoms with E-state index in [0.717, 1.165) is 0 Å². The zero-order valence-electron chi connectivity index (χ0n) is 20.7. The van der Waals surface area contributed by atoms with Gasteiger partial charge in [0.25, 0.3) is 0 Å². The number of ether oxygens (including phenoxy) is 2. The molecule has 4 amide bonds. The molecule has 0 radical (unpaired) electrons. The molecule has 2 saturated heterocycles. The van der Waals surface area contributed by atoms with Gasteiger partial charge in [-0.15, -0.1) is 0 Å². The molecule has 2 aliphatic rings. The number of methoxy groups -OCH3 is 1. The summed E-state index contributed by atoms with van der Waals surface area (Å²) in [6, 6.07) is -1.77. The number of nitrogens with zero attached hydrogens (tertiary/aromatic N) is 2. The topological polar surface area (TPSA) is 134 Å². The van der Waals surface area contributed by atoms with E-state index < -0.39 is 58.5 Å². The van der Waals surface area contributed by atoms with Crippen molar-refractivity contribution in [3.63, 3.8) is 0 Å². The van der Waals surface area contributed by atoms with E-state index in [0.29, 0.717) is 25.9 Å². The highest BCUT2D eigenvalue weighted by molar-refractivity contribution is 5.98. The van der Waals surface area contributed by atoms with E-state index in [4.69, 9.17) is 4.74 Å². The summed E-state index contributed by atoms with van der Waals surface area (Å²) in [6.07, 6.45) is 0.273. The molecule has 2 aliphatic heterocycles. The van der Waals surface area contributed by atoms with Crippen molar-refractivity contribution in [1.82, 2.24) is 20.4 Å². The smallest absolute Gasteiger partial charge is 0.411 e. The number of hydrogen-bond acceptors (Lipinski definition) is 7. The molecule has 2 fully saturated rings. The zero-order valence-corrected chi connectivity index (χ0v) is 20.7. The number of rotatable bonds is 6. The van der Waals surface area contributed by atoms with Crippen molar-refractivity contribution in [2.75, 3.05) is 20.2 Å². The van der Waals surface area contributed by atoms with Crippen molar-refractivity contribution in [2.45, 2.75) is 90.1 Å². The fourth-order valence-corrected chi connectivity index (χ4v) is 3.79. The molecule has 0 bridgehead atoms. The zero-order chi connectivity index (χ0) is 25.4. The Balaban J connectivity index is 2.01. The number of likely N-dealkylation sites (tertiary alicyclic amines) is 2. The molecular weight excluding hydrogens is 432 g/mol. The molecule has 0 aliphatic carbocycles. The Morgan fingerprint density at radius 2 is 1.30 bits per heavy atom. The SMILES string of the molecule is COC(=O)[C@H](C)NC(=O)[C@]1(C)CCN1C(=O)[C@H](C)NC(=O)[C@]1(C)CCN1C(=O)OC(C)(C)C. The molecular formula is C22H36N4O7. The molecule has 11 heteroatoms. The van der Waals surface area contributed by atoms with Gasteiger partial charge in [0, 0.05) is 13.1 Å². The van der Waals surface area contributed by atoms with Gasteiger partial charge < -0.3 is 25.0 Å². The molecule has 0 unspecified atom stereocenters. The number of hydrogen-bond donors (Lipinski definition) is 2. The molecule has 0 spiro atoms. The molecule has 0 saturated carbocycles. The number of carbonyl (C=O) groups excluding carboxylic acids is 5. The Morgan fingerprint density at radius 3 is 1.70 bits per heavy atom. The van der Waals surface area contributed by atoms with E-state index in [1.54, 1.807) is 34.6 Å². The first-order valence-corrected chi connectivity index (χ1v) is 11.1. The lowest BCUT2D eigenvalue weighted by molar-refractivity contribution is -0.161. The van der Waals surface area contributed by atoms with Crippen LogP contribution in [-0.2, 0) is 28.7 Å². The summed E-state index contributed by atoms with van der Waals surface area (Å²) >= 11 is 0. The van der Waals surface area contributed by atoms with E-state index in [9.17, 15) is 24.0 Å². The van der Waals surface area contributed by atoms with Gasteiger partial charge in [0.2, 0.25) is 17.7 Å². The van der Waals surface area contributed by atoms with Crippen LogP contribution in [0, 0.1) is 0 Å². The van der Waals surface area contributed by atoms with Gasteiger partial charge in [-0.2, -0.15) is 0 Å². The number of amides is 4. The monoisotopic (exact) mass is 468 g/mol. The summed E-state index contributed by atoms with van der Waals surface area (Å²) in [4.78, 5) is 65.5. The maximum Gasteiger partial charge on any atom is 0.411 e. The van der Waals surface area contributed by atoms with Gasteiger partial charge in [0.05, 0.1) is 7.11 Å². The first-order chi connectivity index (χ1) is 15.1. The Labute approximate surface area is 194 Å². The normalized spacial score (nSPS) is 26.2. The molecule has 186 valence electrons. The highest BCUT2D eigenvalue weighted by atomic mass is 16.6. The van der Waals surface area contributed by atoms with Crippen LogP contribution in [0.2, 0.25) is 0 Å². The van der Waals surface area contributed by atoms with Crippen molar-refractivity contribution in [1.29, 1.82) is 0 Å². The Kier molecular flexibility index (Phi) is 7.35. The van der Waals surface area contributed by atoms with Crippen molar-refractivity contribution >= 4 is 29.8 Å². The standard InChI is InChI=1S/C22H36N4O7/c1-13(23-18(30)22(7)10-12-26(22)19(31)33-20(3,4)5)15(27)25-11-9-21(25,6)17(29)24-14(2)16(28)32-8/h13-14H,9-12H2,1-8H3,(H,23,30)(H,24,29)/t13-,14-,21-,22-/m0/s1. The minimum Gasteiger partial charge on any atom is -0.467 e. The second kappa shape index (κ2) is 9.18. The maximum absolute atomic E-state index is 13.0. The van der Waals surface area contributed by atoms with Crippen LogP contribution in [0.15, 0.2) is 0 Å². The van der Waals surface area contributed by atoms with Gasteiger partial charge in [-0.25, -0.2) is 9.59 Å². The predicted octanol–water partition coefficient (Wildman–Crippen LogP) is 0.559. The fourth-order valence-electron chi connectivity index (χ4n) is 3.79. The van der Waals surface area contributed by atoms with Crippen LogP contribution >= 0.6 is 0 Å². The lowest BCUT2D eigenvalue weighted by Gasteiger charge is -2.51. The summed E-state index contributed by atoms with van der Waals surface area (Å²) in [5.74, 6) is -1.95. The summed E-state index contributed by atoms with van der Waals surface area (Å²) in [5.41, 5.74) is -2.95. The van der Waals surface area contributed by atoms with Crippen molar-refractivity contribution in [3.05, 3.63) is 0 Å². The molecule has 0 aromatic heterocycles. The van der Waals surface area contributed by atoms with Crippen LogP contribution in [0.5, 0.6) is 0 Å². The summed E-state index contributed by atoms with van der Waals surface area (Å²) < 4.78 is 9.98.